The summed E-state index contributed by atoms with van der Waals surface area (Å²) in [7, 11) is 1.56. The molecule has 7 heteroatoms. The average Bonchev–Trinajstić information content (AvgIpc) is 2.82. The molecule has 33 heavy (non-hydrogen) atoms. The Bertz CT molecular complexity index is 1130. The molecular formula is C26H28N2O5. The van der Waals surface area contributed by atoms with Crippen molar-refractivity contribution < 1.29 is 23.8 Å². The van der Waals surface area contributed by atoms with Gasteiger partial charge >= 0.3 is 0 Å². The molecule has 0 heterocycles. The molecule has 2 N–H and O–H groups in total. The van der Waals surface area contributed by atoms with Crippen molar-refractivity contribution in [2.45, 2.75) is 20.8 Å². The molecule has 0 aliphatic rings. The molecule has 0 fully saturated rings. The largest absolute Gasteiger partial charge is 0.496 e. The van der Waals surface area contributed by atoms with Crippen LogP contribution in [-0.2, 0) is 0 Å². The summed E-state index contributed by atoms with van der Waals surface area (Å²) in [5, 5.41) is 5.75. The van der Waals surface area contributed by atoms with Crippen molar-refractivity contribution in [3.8, 4) is 17.2 Å². The van der Waals surface area contributed by atoms with Crippen LogP contribution in [0.5, 0.6) is 17.2 Å². The van der Waals surface area contributed by atoms with Gasteiger partial charge in [0.1, 0.15) is 17.2 Å². The predicted octanol–water partition coefficient (Wildman–Crippen LogP) is 5.31. The highest BCUT2D eigenvalue weighted by Gasteiger charge is 2.18. The monoisotopic (exact) mass is 448 g/mol. The quantitative estimate of drug-likeness (QED) is 0.464. The highest BCUT2D eigenvalue weighted by molar-refractivity contribution is 6.07. The molecule has 172 valence electrons. The Morgan fingerprint density at radius 1 is 0.727 bits per heavy atom. The van der Waals surface area contributed by atoms with Gasteiger partial charge in [-0.15, -0.1) is 0 Å². The number of aryl methyl sites for hydroxylation is 1. The summed E-state index contributed by atoms with van der Waals surface area (Å²) < 4.78 is 16.8. The average molecular weight is 449 g/mol. The third kappa shape index (κ3) is 5.83. The zero-order valence-electron chi connectivity index (χ0n) is 19.2. The second-order valence-electron chi connectivity index (χ2n) is 7.17. The summed E-state index contributed by atoms with van der Waals surface area (Å²) in [4.78, 5) is 25.6. The van der Waals surface area contributed by atoms with Crippen LogP contribution in [0.15, 0.2) is 60.7 Å². The Balaban J connectivity index is 1.93. The minimum absolute atomic E-state index is 0.275. The van der Waals surface area contributed by atoms with E-state index in [2.05, 4.69) is 10.6 Å². The lowest BCUT2D eigenvalue weighted by atomic mass is 10.1. The van der Waals surface area contributed by atoms with Crippen molar-refractivity contribution in [2.24, 2.45) is 0 Å². The standard InChI is InChI=1S/C26H28N2O5/c1-5-32-23-16-21(28-26(30)19-13-12-17(3)22(14-19)31-4)24(33-6-2)15-20(23)27-25(29)18-10-8-7-9-11-18/h7-16H,5-6H2,1-4H3,(H,27,29)(H,28,30). The molecule has 0 radical (unpaired) electrons. The fourth-order valence-corrected chi connectivity index (χ4v) is 3.24. The van der Waals surface area contributed by atoms with Gasteiger partial charge in [-0.2, -0.15) is 0 Å². The third-order valence-electron chi connectivity index (χ3n) is 4.88. The van der Waals surface area contributed by atoms with Gasteiger partial charge in [0.2, 0.25) is 0 Å². The molecule has 3 aromatic rings. The maximum absolute atomic E-state index is 12.9. The number of benzene rings is 3. The van der Waals surface area contributed by atoms with Gasteiger partial charge in [0.25, 0.3) is 11.8 Å². The predicted molar refractivity (Wildman–Crippen MR) is 129 cm³/mol. The second kappa shape index (κ2) is 11.0. The molecule has 0 aliphatic carbocycles. The van der Waals surface area contributed by atoms with E-state index < -0.39 is 0 Å². The van der Waals surface area contributed by atoms with Gasteiger partial charge in [0.15, 0.2) is 0 Å². The van der Waals surface area contributed by atoms with Crippen LogP contribution in [0.3, 0.4) is 0 Å². The lowest BCUT2D eigenvalue weighted by Crippen LogP contribution is -2.16. The van der Waals surface area contributed by atoms with Crippen molar-refractivity contribution >= 4 is 23.2 Å². The summed E-state index contributed by atoms with van der Waals surface area (Å²) in [5.41, 5.74) is 2.77. The SMILES string of the molecule is CCOc1cc(NC(=O)c2ccc(C)c(OC)c2)c(OCC)cc1NC(=O)c1ccccc1. The molecule has 0 aromatic heterocycles. The molecule has 7 nitrogen and oxygen atoms in total. The molecule has 0 saturated heterocycles. The first kappa shape index (κ1) is 23.7. The Labute approximate surface area is 193 Å². The number of anilines is 2. The van der Waals surface area contributed by atoms with Crippen LogP contribution in [0.2, 0.25) is 0 Å². The van der Waals surface area contributed by atoms with Gasteiger partial charge < -0.3 is 24.8 Å². The summed E-state index contributed by atoms with van der Waals surface area (Å²) in [6.45, 7) is 6.35. The molecular weight excluding hydrogens is 420 g/mol. The van der Waals surface area contributed by atoms with Crippen LogP contribution in [0.4, 0.5) is 11.4 Å². The molecule has 0 spiro atoms. The minimum Gasteiger partial charge on any atom is -0.496 e. The van der Waals surface area contributed by atoms with Crippen LogP contribution >= 0.6 is 0 Å². The third-order valence-corrected chi connectivity index (χ3v) is 4.88. The second-order valence-corrected chi connectivity index (χ2v) is 7.17. The van der Waals surface area contributed by atoms with Gasteiger partial charge in [-0.05, 0) is 50.6 Å². The van der Waals surface area contributed by atoms with Gasteiger partial charge in [0, 0.05) is 23.3 Å². The molecule has 2 amide bonds. The lowest BCUT2D eigenvalue weighted by molar-refractivity contribution is 0.101. The van der Waals surface area contributed by atoms with Crippen molar-refractivity contribution in [2.75, 3.05) is 31.0 Å². The summed E-state index contributed by atoms with van der Waals surface area (Å²) in [6.07, 6.45) is 0. The Morgan fingerprint density at radius 3 is 1.79 bits per heavy atom. The number of carbonyl (C=O) groups excluding carboxylic acids is 2. The Hall–Kier alpha value is -4.00. The maximum atomic E-state index is 12.9. The van der Waals surface area contributed by atoms with E-state index in [4.69, 9.17) is 14.2 Å². The Kier molecular flexibility index (Phi) is 7.91. The maximum Gasteiger partial charge on any atom is 0.255 e. The van der Waals surface area contributed by atoms with E-state index in [1.54, 1.807) is 55.6 Å². The van der Waals surface area contributed by atoms with Crippen molar-refractivity contribution in [3.05, 3.63) is 77.4 Å². The first-order valence-corrected chi connectivity index (χ1v) is 10.7. The number of ether oxygens (including phenoxy) is 3. The summed E-state index contributed by atoms with van der Waals surface area (Å²) in [6, 6.07) is 17.4. The van der Waals surface area contributed by atoms with Gasteiger partial charge in [0.05, 0.1) is 31.7 Å². The first-order chi connectivity index (χ1) is 16.0. The summed E-state index contributed by atoms with van der Waals surface area (Å²) >= 11 is 0. The molecule has 0 bridgehead atoms. The summed E-state index contributed by atoms with van der Waals surface area (Å²) in [5.74, 6) is 0.862. The van der Waals surface area contributed by atoms with Gasteiger partial charge in [-0.3, -0.25) is 9.59 Å². The molecule has 0 saturated carbocycles. The number of nitrogens with one attached hydrogen (secondary N) is 2. The minimum atomic E-state index is -0.322. The molecule has 0 atom stereocenters. The molecule has 0 unspecified atom stereocenters. The fourth-order valence-electron chi connectivity index (χ4n) is 3.24. The van der Waals surface area contributed by atoms with Crippen molar-refractivity contribution in [1.82, 2.24) is 0 Å². The Morgan fingerprint density at radius 2 is 1.27 bits per heavy atom. The van der Waals surface area contributed by atoms with Gasteiger partial charge in [-0.25, -0.2) is 0 Å². The number of hydrogen-bond acceptors (Lipinski definition) is 5. The number of rotatable bonds is 9. The topological polar surface area (TPSA) is 85.9 Å². The lowest BCUT2D eigenvalue weighted by Gasteiger charge is -2.18. The van der Waals surface area contributed by atoms with E-state index in [0.717, 1.165) is 5.56 Å². The van der Waals surface area contributed by atoms with E-state index in [1.165, 1.54) is 0 Å². The molecule has 0 aliphatic heterocycles. The van der Waals surface area contributed by atoms with E-state index in [-0.39, 0.29) is 11.8 Å². The fraction of sp³-hybridized carbons (Fsp3) is 0.231. The van der Waals surface area contributed by atoms with E-state index in [0.29, 0.717) is 53.0 Å². The normalized spacial score (nSPS) is 10.3. The van der Waals surface area contributed by atoms with Crippen molar-refractivity contribution in [1.29, 1.82) is 0 Å². The zero-order chi connectivity index (χ0) is 23.8. The number of carbonyl (C=O) groups is 2. The number of methoxy groups -OCH3 is 1. The highest BCUT2D eigenvalue weighted by Crippen LogP contribution is 2.37. The molecule has 3 rings (SSSR count). The first-order valence-electron chi connectivity index (χ1n) is 10.7. The van der Waals surface area contributed by atoms with Crippen LogP contribution in [0.25, 0.3) is 0 Å². The molecule has 3 aromatic carbocycles. The highest BCUT2D eigenvalue weighted by atomic mass is 16.5. The van der Waals surface area contributed by atoms with Crippen molar-refractivity contribution in [3.63, 3.8) is 0 Å². The van der Waals surface area contributed by atoms with E-state index in [9.17, 15) is 9.59 Å². The van der Waals surface area contributed by atoms with E-state index >= 15 is 0 Å². The van der Waals surface area contributed by atoms with Gasteiger partial charge in [-0.1, -0.05) is 24.3 Å². The smallest absolute Gasteiger partial charge is 0.255 e. The number of amides is 2. The van der Waals surface area contributed by atoms with Crippen LogP contribution in [0.1, 0.15) is 40.1 Å². The van der Waals surface area contributed by atoms with Crippen LogP contribution < -0.4 is 24.8 Å². The number of hydrogen-bond donors (Lipinski definition) is 2. The zero-order valence-corrected chi connectivity index (χ0v) is 19.2. The van der Waals surface area contributed by atoms with Crippen LogP contribution in [0, 0.1) is 6.92 Å². The van der Waals surface area contributed by atoms with Crippen LogP contribution in [-0.4, -0.2) is 32.1 Å². The van der Waals surface area contributed by atoms with E-state index in [1.807, 2.05) is 32.9 Å².